The topological polar surface area (TPSA) is 98.5 Å². The van der Waals surface area contributed by atoms with Crippen molar-refractivity contribution in [3.63, 3.8) is 0 Å². The molecule has 1 aromatic heterocycles. The van der Waals surface area contributed by atoms with Crippen LogP contribution in [0.4, 0.5) is 0 Å². The molecule has 124 valence electrons. The van der Waals surface area contributed by atoms with E-state index < -0.39 is 15.9 Å². The van der Waals surface area contributed by atoms with Crippen LogP contribution in [0.25, 0.3) is 0 Å². The maximum absolute atomic E-state index is 12.2. The molecule has 0 radical (unpaired) electrons. The number of aromatic nitrogens is 1. The number of amides is 1. The lowest BCUT2D eigenvalue weighted by Gasteiger charge is -2.27. The molecule has 1 aliphatic carbocycles. The van der Waals surface area contributed by atoms with Crippen molar-refractivity contribution in [2.45, 2.75) is 57.0 Å². The first-order valence-corrected chi connectivity index (χ1v) is 8.83. The Kier molecular flexibility index (Phi) is 5.23. The SMILES string of the molecule is COC1CCC(CC(=O)NS(=O)(=O)c2c(C)noc2C)CC1. The Balaban J connectivity index is 1.95. The van der Waals surface area contributed by atoms with Crippen LogP contribution in [0.1, 0.15) is 43.6 Å². The van der Waals surface area contributed by atoms with E-state index in [1.54, 1.807) is 7.11 Å². The average Bonchev–Trinajstić information content (AvgIpc) is 2.79. The van der Waals surface area contributed by atoms with Crippen molar-refractivity contribution >= 4 is 15.9 Å². The second kappa shape index (κ2) is 6.78. The van der Waals surface area contributed by atoms with Crippen molar-refractivity contribution in [1.82, 2.24) is 9.88 Å². The highest BCUT2D eigenvalue weighted by Gasteiger charge is 2.28. The molecule has 0 spiro atoms. The summed E-state index contributed by atoms with van der Waals surface area (Å²) in [5.74, 6) is -0.106. The molecule has 1 heterocycles. The predicted octanol–water partition coefficient (Wildman–Crippen LogP) is 1.69. The molecular formula is C14H22N2O5S. The van der Waals surface area contributed by atoms with Gasteiger partial charge in [0.1, 0.15) is 5.69 Å². The number of nitrogens with zero attached hydrogens (tertiary/aromatic N) is 1. The lowest BCUT2D eigenvalue weighted by atomic mass is 9.85. The van der Waals surface area contributed by atoms with Crippen molar-refractivity contribution in [3.8, 4) is 0 Å². The first-order chi connectivity index (χ1) is 10.3. The third kappa shape index (κ3) is 3.86. The van der Waals surface area contributed by atoms with Gasteiger partial charge in [0, 0.05) is 13.5 Å². The molecule has 0 unspecified atom stereocenters. The number of methoxy groups -OCH3 is 1. The van der Waals surface area contributed by atoms with Crippen molar-refractivity contribution < 1.29 is 22.5 Å². The third-order valence-electron chi connectivity index (χ3n) is 4.09. The quantitative estimate of drug-likeness (QED) is 0.882. The summed E-state index contributed by atoms with van der Waals surface area (Å²) in [6.07, 6.45) is 4.02. The van der Waals surface area contributed by atoms with Gasteiger partial charge in [-0.05, 0) is 45.4 Å². The second-order valence-electron chi connectivity index (χ2n) is 5.76. The summed E-state index contributed by atoms with van der Waals surface area (Å²) >= 11 is 0. The standard InChI is InChI=1S/C14H22N2O5S/c1-9-14(10(2)21-15-9)22(18,19)16-13(17)8-11-4-6-12(20-3)7-5-11/h11-12H,4-8H2,1-3H3,(H,16,17). The van der Waals surface area contributed by atoms with Crippen LogP contribution in [0.3, 0.4) is 0 Å². The number of hydrogen-bond acceptors (Lipinski definition) is 6. The van der Waals surface area contributed by atoms with Crippen LogP contribution in [0.15, 0.2) is 9.42 Å². The number of carbonyl (C=O) groups is 1. The van der Waals surface area contributed by atoms with Crippen molar-refractivity contribution in [3.05, 3.63) is 11.5 Å². The van der Waals surface area contributed by atoms with Crippen LogP contribution in [0, 0.1) is 19.8 Å². The molecule has 1 aliphatic rings. The Hall–Kier alpha value is -1.41. The summed E-state index contributed by atoms with van der Waals surface area (Å²) in [7, 11) is -2.24. The number of aryl methyl sites for hydroxylation is 2. The summed E-state index contributed by atoms with van der Waals surface area (Å²) < 4.78 is 36.7. The van der Waals surface area contributed by atoms with Crippen LogP contribution >= 0.6 is 0 Å². The molecule has 0 bridgehead atoms. The highest BCUT2D eigenvalue weighted by atomic mass is 32.2. The minimum atomic E-state index is -3.92. The van der Waals surface area contributed by atoms with E-state index in [0.29, 0.717) is 0 Å². The van der Waals surface area contributed by atoms with Gasteiger partial charge in [-0.2, -0.15) is 0 Å². The van der Waals surface area contributed by atoms with Gasteiger partial charge < -0.3 is 9.26 Å². The summed E-state index contributed by atoms with van der Waals surface area (Å²) in [5, 5.41) is 3.60. The largest absolute Gasteiger partial charge is 0.381 e. The fraction of sp³-hybridized carbons (Fsp3) is 0.714. The van der Waals surface area contributed by atoms with Crippen molar-refractivity contribution in [2.75, 3.05) is 7.11 Å². The molecule has 1 fully saturated rings. The summed E-state index contributed by atoms with van der Waals surface area (Å²) in [4.78, 5) is 12.0. The van der Waals surface area contributed by atoms with E-state index >= 15 is 0 Å². The van der Waals surface area contributed by atoms with Gasteiger partial charge in [-0.1, -0.05) is 5.16 Å². The molecule has 0 aromatic carbocycles. The molecule has 1 saturated carbocycles. The molecule has 0 aliphatic heterocycles. The van der Waals surface area contributed by atoms with Gasteiger partial charge >= 0.3 is 0 Å². The maximum atomic E-state index is 12.2. The van der Waals surface area contributed by atoms with E-state index in [0.717, 1.165) is 25.7 Å². The lowest BCUT2D eigenvalue weighted by Crippen LogP contribution is -2.33. The Bertz CT molecular complexity index is 610. The van der Waals surface area contributed by atoms with E-state index in [1.165, 1.54) is 13.8 Å². The van der Waals surface area contributed by atoms with Crippen LogP contribution in [-0.4, -0.2) is 32.7 Å². The first kappa shape index (κ1) is 17.0. The van der Waals surface area contributed by atoms with Crippen molar-refractivity contribution in [1.29, 1.82) is 0 Å². The molecule has 0 atom stereocenters. The summed E-state index contributed by atoms with van der Waals surface area (Å²) in [6, 6.07) is 0. The van der Waals surface area contributed by atoms with E-state index in [1.807, 2.05) is 0 Å². The van der Waals surface area contributed by atoms with E-state index in [2.05, 4.69) is 9.88 Å². The van der Waals surface area contributed by atoms with E-state index in [9.17, 15) is 13.2 Å². The zero-order valence-electron chi connectivity index (χ0n) is 13.1. The van der Waals surface area contributed by atoms with Gasteiger partial charge in [0.25, 0.3) is 10.0 Å². The Morgan fingerprint density at radius 1 is 1.32 bits per heavy atom. The monoisotopic (exact) mass is 330 g/mol. The molecule has 2 rings (SSSR count). The van der Waals surface area contributed by atoms with Crippen LogP contribution < -0.4 is 4.72 Å². The number of nitrogens with one attached hydrogen (secondary N) is 1. The molecule has 22 heavy (non-hydrogen) atoms. The Morgan fingerprint density at radius 2 is 1.95 bits per heavy atom. The highest BCUT2D eigenvalue weighted by molar-refractivity contribution is 7.90. The number of rotatable bonds is 5. The average molecular weight is 330 g/mol. The molecule has 1 amide bonds. The molecule has 1 N–H and O–H groups in total. The smallest absolute Gasteiger partial charge is 0.269 e. The zero-order valence-corrected chi connectivity index (χ0v) is 13.9. The molecule has 8 heteroatoms. The van der Waals surface area contributed by atoms with Crippen LogP contribution in [-0.2, 0) is 19.6 Å². The third-order valence-corrected chi connectivity index (χ3v) is 5.70. The Morgan fingerprint density at radius 3 is 2.45 bits per heavy atom. The van der Waals surface area contributed by atoms with E-state index in [-0.39, 0.29) is 34.8 Å². The fourth-order valence-electron chi connectivity index (χ4n) is 2.93. The number of ether oxygens (including phenoxy) is 1. The number of hydrogen-bond donors (Lipinski definition) is 1. The van der Waals surface area contributed by atoms with Gasteiger partial charge in [0.2, 0.25) is 5.91 Å². The van der Waals surface area contributed by atoms with E-state index in [4.69, 9.17) is 9.26 Å². The number of carbonyl (C=O) groups excluding carboxylic acids is 1. The van der Waals surface area contributed by atoms with Crippen LogP contribution in [0.5, 0.6) is 0 Å². The molecule has 7 nitrogen and oxygen atoms in total. The lowest BCUT2D eigenvalue weighted by molar-refractivity contribution is -0.120. The van der Waals surface area contributed by atoms with Gasteiger partial charge in [0.05, 0.1) is 6.10 Å². The summed E-state index contributed by atoms with van der Waals surface area (Å²) in [5.41, 5.74) is 0.249. The Labute approximate surface area is 130 Å². The van der Waals surface area contributed by atoms with Gasteiger partial charge in [-0.15, -0.1) is 0 Å². The molecule has 1 aromatic rings. The van der Waals surface area contributed by atoms with Gasteiger partial charge in [-0.25, -0.2) is 13.1 Å². The fourth-order valence-corrected chi connectivity index (χ4v) is 4.26. The second-order valence-corrected chi connectivity index (χ2v) is 7.38. The zero-order chi connectivity index (χ0) is 16.3. The first-order valence-electron chi connectivity index (χ1n) is 7.34. The maximum Gasteiger partial charge on any atom is 0.269 e. The van der Waals surface area contributed by atoms with Crippen molar-refractivity contribution in [2.24, 2.45) is 5.92 Å². The summed E-state index contributed by atoms with van der Waals surface area (Å²) in [6.45, 7) is 3.03. The molecular weight excluding hydrogens is 308 g/mol. The molecule has 0 saturated heterocycles. The number of sulfonamides is 1. The predicted molar refractivity (Wildman–Crippen MR) is 78.7 cm³/mol. The van der Waals surface area contributed by atoms with Crippen LogP contribution in [0.2, 0.25) is 0 Å². The van der Waals surface area contributed by atoms with Gasteiger partial charge in [0.15, 0.2) is 10.7 Å². The van der Waals surface area contributed by atoms with Gasteiger partial charge in [-0.3, -0.25) is 4.79 Å². The highest BCUT2D eigenvalue weighted by Crippen LogP contribution is 2.28. The normalized spacial score (nSPS) is 22.5. The minimum Gasteiger partial charge on any atom is -0.381 e. The minimum absolute atomic E-state index is 0.0519.